The smallest absolute Gasteiger partial charge is 0.122 e. The van der Waals surface area contributed by atoms with E-state index in [1.54, 1.807) is 12.1 Å². The Morgan fingerprint density at radius 2 is 0.757 bits per heavy atom. The summed E-state index contributed by atoms with van der Waals surface area (Å²) >= 11 is 0. The molecule has 0 amide bonds. The van der Waals surface area contributed by atoms with Crippen molar-refractivity contribution in [2.45, 2.75) is 47.0 Å². The number of rotatable bonds is 6. The van der Waals surface area contributed by atoms with Gasteiger partial charge in [0.2, 0.25) is 0 Å². The normalized spacial score (nSPS) is 11.1. The first-order valence-electron chi connectivity index (χ1n) is 12.1. The van der Waals surface area contributed by atoms with Crippen LogP contribution in [0.4, 0.5) is 0 Å². The lowest BCUT2D eigenvalue weighted by Gasteiger charge is -2.19. The SMILES string of the molecule is Cc1c(Cc2cc(Cc3ccc(O)cc3O)c(O)c(C)c2C)cc(Cc2ccc(O)cc2O)c(O)c1C. The molecule has 0 aliphatic carbocycles. The van der Waals surface area contributed by atoms with E-state index in [0.29, 0.717) is 41.5 Å². The molecule has 0 saturated heterocycles. The second-order valence-electron chi connectivity index (χ2n) is 9.74. The summed E-state index contributed by atoms with van der Waals surface area (Å²) in [5.41, 5.74) is 7.97. The summed E-state index contributed by atoms with van der Waals surface area (Å²) < 4.78 is 0. The third kappa shape index (κ3) is 5.14. The molecule has 0 saturated carbocycles. The highest BCUT2D eigenvalue weighted by Crippen LogP contribution is 2.36. The fourth-order valence-corrected chi connectivity index (χ4v) is 4.75. The number of phenols is 6. The lowest BCUT2D eigenvalue weighted by Crippen LogP contribution is -2.03. The molecule has 0 unspecified atom stereocenters. The van der Waals surface area contributed by atoms with Crippen molar-refractivity contribution in [3.05, 3.63) is 104 Å². The zero-order valence-electron chi connectivity index (χ0n) is 21.4. The van der Waals surface area contributed by atoms with Crippen LogP contribution in [0.3, 0.4) is 0 Å². The molecule has 0 heterocycles. The van der Waals surface area contributed by atoms with Crippen LogP contribution in [-0.2, 0) is 19.3 Å². The van der Waals surface area contributed by atoms with Gasteiger partial charge in [-0.25, -0.2) is 0 Å². The Bertz CT molecular complexity index is 1390. The van der Waals surface area contributed by atoms with E-state index in [1.807, 2.05) is 39.8 Å². The van der Waals surface area contributed by atoms with Crippen molar-refractivity contribution in [2.24, 2.45) is 0 Å². The maximum absolute atomic E-state index is 10.9. The molecule has 4 aromatic rings. The molecule has 192 valence electrons. The average Bonchev–Trinajstić information content (AvgIpc) is 2.85. The molecular weight excluding hydrogens is 468 g/mol. The molecule has 4 aromatic carbocycles. The van der Waals surface area contributed by atoms with Crippen molar-refractivity contribution in [3.63, 3.8) is 0 Å². The standard InChI is InChI=1S/C31H32O6/c1-16-18(3)30(36)24(9-20-5-7-26(32)14-28(20)34)12-22(16)11-23-13-25(31(37)19(4)17(23)2)10-21-6-8-27(33)15-29(21)35/h5-8,12-15,32-37H,9-11H2,1-4H3. The summed E-state index contributed by atoms with van der Waals surface area (Å²) in [7, 11) is 0. The lowest BCUT2D eigenvalue weighted by molar-refractivity contribution is 0.444. The van der Waals surface area contributed by atoms with Crippen LogP contribution in [0, 0.1) is 27.7 Å². The Morgan fingerprint density at radius 3 is 1.11 bits per heavy atom. The first kappa shape index (κ1) is 25.8. The Labute approximate surface area is 216 Å². The summed E-state index contributed by atoms with van der Waals surface area (Å²) in [6.45, 7) is 7.65. The van der Waals surface area contributed by atoms with Crippen LogP contribution in [-0.4, -0.2) is 30.6 Å². The monoisotopic (exact) mass is 500 g/mol. The number of aromatic hydroxyl groups is 6. The molecule has 0 radical (unpaired) electrons. The van der Waals surface area contributed by atoms with Gasteiger partial charge in [0.25, 0.3) is 0 Å². The lowest BCUT2D eigenvalue weighted by atomic mass is 9.87. The van der Waals surface area contributed by atoms with Gasteiger partial charge in [0.15, 0.2) is 0 Å². The number of benzene rings is 4. The van der Waals surface area contributed by atoms with Crippen LogP contribution in [0.2, 0.25) is 0 Å². The fourth-order valence-electron chi connectivity index (χ4n) is 4.75. The first-order chi connectivity index (χ1) is 17.5. The zero-order chi connectivity index (χ0) is 27.0. The van der Waals surface area contributed by atoms with Crippen LogP contribution in [0.15, 0.2) is 48.5 Å². The van der Waals surface area contributed by atoms with E-state index < -0.39 is 0 Å². The molecule has 37 heavy (non-hydrogen) atoms. The minimum Gasteiger partial charge on any atom is -0.508 e. The molecule has 6 nitrogen and oxygen atoms in total. The van der Waals surface area contributed by atoms with Gasteiger partial charge in [0.1, 0.15) is 34.5 Å². The number of hydrogen-bond acceptors (Lipinski definition) is 6. The second kappa shape index (κ2) is 9.97. The van der Waals surface area contributed by atoms with Crippen molar-refractivity contribution in [1.29, 1.82) is 0 Å². The van der Waals surface area contributed by atoms with Crippen LogP contribution in [0.5, 0.6) is 34.5 Å². The van der Waals surface area contributed by atoms with E-state index in [0.717, 1.165) is 33.4 Å². The van der Waals surface area contributed by atoms with Gasteiger partial charge in [-0.3, -0.25) is 0 Å². The van der Waals surface area contributed by atoms with Crippen molar-refractivity contribution < 1.29 is 30.6 Å². The van der Waals surface area contributed by atoms with Gasteiger partial charge < -0.3 is 30.6 Å². The van der Waals surface area contributed by atoms with Crippen molar-refractivity contribution in [2.75, 3.05) is 0 Å². The van der Waals surface area contributed by atoms with Gasteiger partial charge in [0.05, 0.1) is 0 Å². The third-order valence-corrected chi connectivity index (χ3v) is 7.38. The highest BCUT2D eigenvalue weighted by Gasteiger charge is 2.18. The van der Waals surface area contributed by atoms with E-state index in [2.05, 4.69) is 0 Å². The minimum absolute atomic E-state index is 0.0270. The quantitative estimate of drug-likeness (QED) is 0.195. The maximum atomic E-state index is 10.9. The molecule has 6 heteroatoms. The molecule has 4 rings (SSSR count). The van der Waals surface area contributed by atoms with Gasteiger partial charge in [0, 0.05) is 25.0 Å². The molecule has 0 bridgehead atoms. The van der Waals surface area contributed by atoms with E-state index in [4.69, 9.17) is 0 Å². The molecule has 0 fully saturated rings. The topological polar surface area (TPSA) is 121 Å². The number of hydrogen-bond donors (Lipinski definition) is 6. The van der Waals surface area contributed by atoms with E-state index in [1.165, 1.54) is 24.3 Å². The van der Waals surface area contributed by atoms with Gasteiger partial charge in [-0.05, 0) is 102 Å². The molecule has 0 spiro atoms. The van der Waals surface area contributed by atoms with Gasteiger partial charge in [-0.15, -0.1) is 0 Å². The van der Waals surface area contributed by atoms with Crippen molar-refractivity contribution in [3.8, 4) is 34.5 Å². The van der Waals surface area contributed by atoms with E-state index in [-0.39, 0.29) is 34.5 Å². The zero-order valence-corrected chi connectivity index (χ0v) is 21.4. The van der Waals surface area contributed by atoms with Crippen molar-refractivity contribution in [1.82, 2.24) is 0 Å². The van der Waals surface area contributed by atoms with Crippen LogP contribution < -0.4 is 0 Å². The fraction of sp³-hybridized carbons (Fsp3) is 0.226. The van der Waals surface area contributed by atoms with Crippen LogP contribution in [0.1, 0.15) is 55.6 Å². The van der Waals surface area contributed by atoms with E-state index in [9.17, 15) is 30.6 Å². The molecule has 0 atom stereocenters. The highest BCUT2D eigenvalue weighted by molar-refractivity contribution is 5.56. The molecule has 6 N–H and O–H groups in total. The second-order valence-corrected chi connectivity index (χ2v) is 9.74. The number of phenolic OH excluding ortho intramolecular Hbond substituents is 6. The Kier molecular flexibility index (Phi) is 6.94. The predicted molar refractivity (Wildman–Crippen MR) is 143 cm³/mol. The average molecular weight is 501 g/mol. The summed E-state index contributed by atoms with van der Waals surface area (Å²) in [5.74, 6) is 0.228. The van der Waals surface area contributed by atoms with Crippen LogP contribution in [0.25, 0.3) is 0 Å². The van der Waals surface area contributed by atoms with Gasteiger partial charge in [-0.2, -0.15) is 0 Å². The molecule has 0 aliphatic rings. The molecular formula is C31H32O6. The minimum atomic E-state index is -0.0358. The predicted octanol–water partition coefficient (Wildman–Crippen LogP) is 5.93. The van der Waals surface area contributed by atoms with Gasteiger partial charge in [-0.1, -0.05) is 24.3 Å². The Morgan fingerprint density at radius 1 is 0.405 bits per heavy atom. The first-order valence-corrected chi connectivity index (χ1v) is 12.1. The van der Waals surface area contributed by atoms with E-state index >= 15 is 0 Å². The highest BCUT2D eigenvalue weighted by atomic mass is 16.3. The Hall–Kier alpha value is -4.32. The molecule has 0 aromatic heterocycles. The van der Waals surface area contributed by atoms with Crippen molar-refractivity contribution >= 4 is 0 Å². The van der Waals surface area contributed by atoms with Gasteiger partial charge >= 0.3 is 0 Å². The maximum Gasteiger partial charge on any atom is 0.122 e. The summed E-state index contributed by atoms with van der Waals surface area (Å²) in [5, 5.41) is 61.4. The largest absolute Gasteiger partial charge is 0.508 e. The summed E-state index contributed by atoms with van der Waals surface area (Å²) in [4.78, 5) is 0. The summed E-state index contributed by atoms with van der Waals surface area (Å²) in [6, 6.07) is 12.7. The van der Waals surface area contributed by atoms with Crippen LogP contribution >= 0.6 is 0 Å². The summed E-state index contributed by atoms with van der Waals surface area (Å²) in [6.07, 6.45) is 1.15. The Balaban J connectivity index is 1.73. The third-order valence-electron chi connectivity index (χ3n) is 7.38. The molecule has 0 aliphatic heterocycles.